The molecule has 0 aliphatic rings. The van der Waals surface area contributed by atoms with Crippen LogP contribution in [0.2, 0.25) is 0 Å². The highest BCUT2D eigenvalue weighted by atomic mass is 16.6. The topological polar surface area (TPSA) is 124 Å². The highest BCUT2D eigenvalue weighted by molar-refractivity contribution is 5.90. The van der Waals surface area contributed by atoms with E-state index in [-0.39, 0.29) is 6.54 Å². The first kappa shape index (κ1) is 20.2. The van der Waals surface area contributed by atoms with E-state index in [9.17, 15) is 19.7 Å². The molecule has 0 bridgehead atoms. The first-order valence-electron chi connectivity index (χ1n) is 8.37. The average Bonchev–Trinajstić information content (AvgIpc) is 2.98. The first-order valence-corrected chi connectivity index (χ1v) is 8.37. The summed E-state index contributed by atoms with van der Waals surface area (Å²) in [5.74, 6) is -1.70. The zero-order chi connectivity index (χ0) is 20.2. The highest BCUT2D eigenvalue weighted by Gasteiger charge is 2.29. The van der Waals surface area contributed by atoms with Crippen molar-refractivity contribution < 1.29 is 24.0 Å². The van der Waals surface area contributed by atoms with Gasteiger partial charge in [-0.3, -0.25) is 14.9 Å². The second-order valence-corrected chi connectivity index (χ2v) is 7.07. The summed E-state index contributed by atoms with van der Waals surface area (Å²) < 4.78 is 9.90. The van der Waals surface area contributed by atoms with Crippen molar-refractivity contribution in [3.63, 3.8) is 0 Å². The molecule has 1 aromatic heterocycles. The van der Waals surface area contributed by atoms with E-state index < -0.39 is 35.0 Å². The Morgan fingerprint density at radius 3 is 2.63 bits per heavy atom. The van der Waals surface area contributed by atoms with Gasteiger partial charge in [-0.1, -0.05) is 6.07 Å². The fraction of sp³-hybridized carbons (Fsp3) is 0.444. The molecule has 2 rings (SSSR count). The molecule has 1 aromatic carbocycles. The number of esters is 1. The Labute approximate surface area is 156 Å². The summed E-state index contributed by atoms with van der Waals surface area (Å²) in [5, 5.41) is 14.3. The van der Waals surface area contributed by atoms with Gasteiger partial charge in [0, 0.05) is 28.6 Å². The molecule has 2 aromatic rings. The van der Waals surface area contributed by atoms with Crippen molar-refractivity contribution in [2.45, 2.75) is 38.8 Å². The number of aromatic amines is 1. The second-order valence-electron chi connectivity index (χ2n) is 7.07. The molecule has 9 nitrogen and oxygen atoms in total. The molecule has 1 heterocycles. The van der Waals surface area contributed by atoms with Crippen LogP contribution in [0.3, 0.4) is 0 Å². The second kappa shape index (κ2) is 8.07. The minimum atomic E-state index is -1.02. The van der Waals surface area contributed by atoms with Crippen molar-refractivity contribution in [3.05, 3.63) is 45.6 Å². The van der Waals surface area contributed by atoms with Crippen LogP contribution in [0.4, 0.5) is 4.79 Å². The van der Waals surface area contributed by atoms with E-state index in [1.807, 2.05) is 0 Å². The fourth-order valence-electron chi connectivity index (χ4n) is 2.67. The van der Waals surface area contributed by atoms with Gasteiger partial charge in [-0.2, -0.15) is 0 Å². The van der Waals surface area contributed by atoms with Crippen LogP contribution in [0.1, 0.15) is 37.8 Å². The Morgan fingerprint density at radius 2 is 2.04 bits per heavy atom. The first-order chi connectivity index (χ1) is 12.6. The molecule has 9 heteroatoms. The lowest BCUT2D eigenvalue weighted by molar-refractivity contribution is -0.481. The van der Waals surface area contributed by atoms with Gasteiger partial charge in [0.15, 0.2) is 0 Å². The Bertz CT molecular complexity index is 852. The molecule has 0 aliphatic carbocycles. The Hall–Kier alpha value is -3.10. The molecule has 146 valence electrons. The number of nitrogens with one attached hydrogen (secondary N) is 2. The van der Waals surface area contributed by atoms with Crippen LogP contribution >= 0.6 is 0 Å². The van der Waals surface area contributed by atoms with Crippen LogP contribution in [0.15, 0.2) is 24.4 Å². The van der Waals surface area contributed by atoms with E-state index in [4.69, 9.17) is 9.47 Å². The number of rotatable bonds is 6. The average molecular weight is 377 g/mol. The van der Waals surface area contributed by atoms with Crippen molar-refractivity contribution in [3.8, 4) is 0 Å². The van der Waals surface area contributed by atoms with Crippen LogP contribution in [0.5, 0.6) is 0 Å². The number of carbonyl (C=O) groups is 2. The monoisotopic (exact) mass is 377 g/mol. The number of benzene rings is 1. The van der Waals surface area contributed by atoms with Crippen LogP contribution in [-0.2, 0) is 20.8 Å². The van der Waals surface area contributed by atoms with Gasteiger partial charge in [-0.15, -0.1) is 0 Å². The molecule has 0 radical (unpaired) electrons. The van der Waals surface area contributed by atoms with E-state index in [0.717, 1.165) is 11.1 Å². The number of H-pyrrole nitrogens is 1. The van der Waals surface area contributed by atoms with Gasteiger partial charge in [-0.05, 0) is 44.0 Å². The number of alkyl carbamates (subject to hydrolysis) is 1. The lowest BCUT2D eigenvalue weighted by atomic mass is 9.97. The fourth-order valence-corrected chi connectivity index (χ4v) is 2.67. The number of hydrogen-bond acceptors (Lipinski definition) is 6. The summed E-state index contributed by atoms with van der Waals surface area (Å²) in [6.45, 7) is 4.96. The molecule has 0 saturated carbocycles. The number of nitrogens with zero attached hydrogens (tertiary/aromatic N) is 1. The molecule has 0 spiro atoms. The standard InChI is InChI=1S/C18H23N3O6/c1-18(2,3)27-17(23)20-8-11-5-6-15-12(7-11)13(9-19-15)14(10-21(24)25)16(22)26-4/h5-7,9,14,19H,8,10H2,1-4H3,(H,20,23). The lowest BCUT2D eigenvalue weighted by Crippen LogP contribution is -2.32. The van der Waals surface area contributed by atoms with Crippen LogP contribution in [-0.4, -0.2) is 41.2 Å². The quantitative estimate of drug-likeness (QED) is 0.453. The molecule has 2 N–H and O–H groups in total. The van der Waals surface area contributed by atoms with E-state index in [0.29, 0.717) is 10.9 Å². The van der Waals surface area contributed by atoms with E-state index in [1.54, 1.807) is 45.2 Å². The van der Waals surface area contributed by atoms with E-state index >= 15 is 0 Å². The Morgan fingerprint density at radius 1 is 1.33 bits per heavy atom. The highest BCUT2D eigenvalue weighted by Crippen LogP contribution is 2.28. The predicted octanol–water partition coefficient (Wildman–Crippen LogP) is 2.73. The van der Waals surface area contributed by atoms with Gasteiger partial charge < -0.3 is 19.8 Å². The molecular weight excluding hydrogens is 354 g/mol. The third-order valence-corrected chi connectivity index (χ3v) is 3.81. The van der Waals surface area contributed by atoms with Crippen molar-refractivity contribution in [2.24, 2.45) is 0 Å². The largest absolute Gasteiger partial charge is 0.468 e. The molecular formula is C18H23N3O6. The van der Waals surface area contributed by atoms with Crippen molar-refractivity contribution >= 4 is 23.0 Å². The summed E-state index contributed by atoms with van der Waals surface area (Å²) in [6.07, 6.45) is 1.03. The molecule has 27 heavy (non-hydrogen) atoms. The number of nitro groups is 1. The smallest absolute Gasteiger partial charge is 0.407 e. The zero-order valence-corrected chi connectivity index (χ0v) is 15.7. The van der Waals surface area contributed by atoms with E-state index in [2.05, 4.69) is 10.3 Å². The summed E-state index contributed by atoms with van der Waals surface area (Å²) in [7, 11) is 1.19. The molecule has 1 amide bonds. The molecule has 1 unspecified atom stereocenters. The third kappa shape index (κ3) is 5.44. The van der Waals surface area contributed by atoms with Crippen molar-refractivity contribution in [1.29, 1.82) is 0 Å². The number of ether oxygens (including phenoxy) is 2. The summed E-state index contributed by atoms with van der Waals surface area (Å²) >= 11 is 0. The zero-order valence-electron chi connectivity index (χ0n) is 15.7. The number of fused-ring (bicyclic) bond motifs is 1. The number of aromatic nitrogens is 1. The maximum atomic E-state index is 12.0. The van der Waals surface area contributed by atoms with Gasteiger partial charge in [-0.25, -0.2) is 4.79 Å². The summed E-state index contributed by atoms with van der Waals surface area (Å²) in [4.78, 5) is 37.2. The van der Waals surface area contributed by atoms with Crippen LogP contribution < -0.4 is 5.32 Å². The Kier molecular flexibility index (Phi) is 6.04. The van der Waals surface area contributed by atoms with Crippen molar-refractivity contribution in [2.75, 3.05) is 13.7 Å². The van der Waals surface area contributed by atoms with Gasteiger partial charge in [0.25, 0.3) is 0 Å². The molecule has 0 fully saturated rings. The van der Waals surface area contributed by atoms with Gasteiger partial charge in [0.2, 0.25) is 6.54 Å². The van der Waals surface area contributed by atoms with Crippen LogP contribution in [0.25, 0.3) is 10.9 Å². The normalized spacial score (nSPS) is 12.4. The van der Waals surface area contributed by atoms with Crippen LogP contribution in [0, 0.1) is 10.1 Å². The number of methoxy groups -OCH3 is 1. The van der Waals surface area contributed by atoms with Crippen molar-refractivity contribution in [1.82, 2.24) is 10.3 Å². The van der Waals surface area contributed by atoms with Gasteiger partial charge in [0.05, 0.1) is 7.11 Å². The third-order valence-electron chi connectivity index (χ3n) is 3.81. The van der Waals surface area contributed by atoms with Gasteiger partial charge >= 0.3 is 12.1 Å². The van der Waals surface area contributed by atoms with E-state index in [1.165, 1.54) is 7.11 Å². The minimum Gasteiger partial charge on any atom is -0.468 e. The maximum absolute atomic E-state index is 12.0. The Balaban J connectivity index is 2.25. The summed E-state index contributed by atoms with van der Waals surface area (Å²) in [5.41, 5.74) is 1.37. The summed E-state index contributed by atoms with van der Waals surface area (Å²) in [6, 6.07) is 5.36. The minimum absolute atomic E-state index is 0.216. The van der Waals surface area contributed by atoms with Gasteiger partial charge in [0.1, 0.15) is 11.5 Å². The predicted molar refractivity (Wildman–Crippen MR) is 98.0 cm³/mol. The molecule has 0 aliphatic heterocycles. The lowest BCUT2D eigenvalue weighted by Gasteiger charge is -2.19. The maximum Gasteiger partial charge on any atom is 0.407 e. The number of carbonyl (C=O) groups excluding carboxylic acids is 2. The molecule has 1 atom stereocenters. The SMILES string of the molecule is COC(=O)C(C[N+](=O)[O-])c1c[nH]c2ccc(CNC(=O)OC(C)(C)C)cc12. The number of hydrogen-bond donors (Lipinski definition) is 2. The molecule has 0 saturated heterocycles. The number of amides is 1.